The third-order valence-electron chi connectivity index (χ3n) is 4.70. The summed E-state index contributed by atoms with van der Waals surface area (Å²) < 4.78 is 0. The van der Waals surface area contributed by atoms with Gasteiger partial charge in [-0.05, 0) is 23.4 Å². The Morgan fingerprint density at radius 1 is 0.667 bits per heavy atom. The summed E-state index contributed by atoms with van der Waals surface area (Å²) in [5.74, 6) is 0. The fourth-order valence-electron chi connectivity index (χ4n) is 3.37. The summed E-state index contributed by atoms with van der Waals surface area (Å²) in [5.41, 5.74) is 7.04. The second-order valence-corrected chi connectivity index (χ2v) is 7.33. The van der Waals surface area contributed by atoms with Crippen LogP contribution in [0.5, 0.6) is 0 Å². The number of benzene rings is 4. The van der Waals surface area contributed by atoms with Gasteiger partial charge in [0.1, 0.15) is 0 Å². The molecule has 30 heavy (non-hydrogen) atoms. The van der Waals surface area contributed by atoms with E-state index in [2.05, 4.69) is 143 Å². The van der Waals surface area contributed by atoms with Gasteiger partial charge in [-0.3, -0.25) is 0 Å². The fourth-order valence-corrected chi connectivity index (χ4v) is 3.98. The summed E-state index contributed by atoms with van der Waals surface area (Å²) in [5, 5.41) is 0. The summed E-state index contributed by atoms with van der Waals surface area (Å²) >= 11 is 4.00. The second kappa shape index (κ2) is 11.9. The molecule has 0 bridgehead atoms. The number of rotatable bonds is 5. The molecule has 0 aliphatic heterocycles. The molecule has 0 radical (unpaired) electrons. The van der Waals surface area contributed by atoms with Crippen molar-refractivity contribution in [2.75, 3.05) is 6.26 Å². The van der Waals surface area contributed by atoms with Gasteiger partial charge in [-0.25, -0.2) is 0 Å². The molecule has 0 aliphatic rings. The van der Waals surface area contributed by atoms with Crippen LogP contribution in [0.2, 0.25) is 0 Å². The Labute approximate surface area is 198 Å². The molecule has 0 atom stereocenters. The van der Waals surface area contributed by atoms with Crippen LogP contribution >= 0.6 is 21.3 Å². The molecular formula is C27H21ClPdS. The molecule has 0 spiro atoms. The van der Waals surface area contributed by atoms with E-state index in [4.69, 9.17) is 0 Å². The van der Waals surface area contributed by atoms with Crippen LogP contribution in [0.1, 0.15) is 16.7 Å². The van der Waals surface area contributed by atoms with Crippen molar-refractivity contribution in [3.8, 4) is 11.1 Å². The van der Waals surface area contributed by atoms with Crippen LogP contribution in [0, 0.1) is 6.08 Å². The standard InChI is InChI=1S/C27H21S.ClH.Pd/c1-28-27-19-11-10-18-25(27)23-16-8-9-17-24(23)26(22-14-6-3-7-15-22)20-21-12-4-2-5-13-21;;/h2-19H,1H3;1H;/q-1;;+2/p-1. The molecule has 152 valence electrons. The van der Waals surface area contributed by atoms with E-state index < -0.39 is 0 Å². The zero-order chi connectivity index (χ0) is 21.2. The molecule has 0 fully saturated rings. The molecule has 3 heteroatoms. The second-order valence-electron chi connectivity index (χ2n) is 6.48. The zero-order valence-electron chi connectivity index (χ0n) is 16.5. The van der Waals surface area contributed by atoms with E-state index in [1.165, 1.54) is 27.1 Å². The van der Waals surface area contributed by atoms with E-state index in [0.29, 0.717) is 0 Å². The molecule has 4 aromatic carbocycles. The van der Waals surface area contributed by atoms with Gasteiger partial charge in [0.2, 0.25) is 0 Å². The summed E-state index contributed by atoms with van der Waals surface area (Å²) in [6, 6.07) is 38.1. The molecule has 0 aromatic heterocycles. The van der Waals surface area contributed by atoms with Gasteiger partial charge in [0.05, 0.1) is 0 Å². The minimum absolute atomic E-state index is 1.08. The molecule has 0 saturated carbocycles. The minimum atomic E-state index is 1.08. The van der Waals surface area contributed by atoms with Gasteiger partial charge in [-0.2, -0.15) is 0 Å². The maximum atomic E-state index is 4.49. The van der Waals surface area contributed by atoms with Crippen molar-refractivity contribution in [1.29, 1.82) is 0 Å². The number of halogens is 1. The fraction of sp³-hybridized carbons (Fsp3) is 0.0370. The van der Waals surface area contributed by atoms with Crippen molar-refractivity contribution < 1.29 is 18.2 Å². The summed E-state index contributed by atoms with van der Waals surface area (Å²) in [6.45, 7) is 0. The molecular weight excluding hydrogens is 498 g/mol. The first kappa shape index (κ1) is 22.6. The van der Waals surface area contributed by atoms with E-state index in [1.807, 2.05) is 6.07 Å². The Morgan fingerprint density at radius 3 is 1.87 bits per heavy atom. The van der Waals surface area contributed by atoms with Crippen molar-refractivity contribution in [2.45, 2.75) is 4.90 Å². The first-order valence-electron chi connectivity index (χ1n) is 9.46. The van der Waals surface area contributed by atoms with Crippen molar-refractivity contribution in [3.63, 3.8) is 0 Å². The van der Waals surface area contributed by atoms with Crippen LogP contribution in [-0.2, 0) is 18.2 Å². The van der Waals surface area contributed by atoms with Gasteiger partial charge in [0, 0.05) is 4.90 Å². The molecule has 0 saturated heterocycles. The Kier molecular flexibility index (Phi) is 9.00. The molecule has 0 aliphatic carbocycles. The maximum absolute atomic E-state index is 4.49. The molecule has 0 nitrogen and oxygen atoms in total. The van der Waals surface area contributed by atoms with Crippen molar-refractivity contribution in [1.82, 2.24) is 0 Å². The normalized spacial score (nSPS) is 10.9. The van der Waals surface area contributed by atoms with Gasteiger partial charge >= 0.3 is 27.7 Å². The van der Waals surface area contributed by atoms with Crippen LogP contribution in [0.3, 0.4) is 0 Å². The third kappa shape index (κ3) is 5.54. The van der Waals surface area contributed by atoms with E-state index in [9.17, 15) is 0 Å². The van der Waals surface area contributed by atoms with Crippen LogP contribution < -0.4 is 0 Å². The SMILES string of the molecule is CSc1ccccc1-c1ccccc1C(=[C-]c1ccccc1)c1ccccc1.[Cl][Pd+]. The first-order chi connectivity index (χ1) is 14.9. The quantitative estimate of drug-likeness (QED) is 0.111. The summed E-state index contributed by atoms with van der Waals surface area (Å²) in [7, 11) is 4.49. The molecule has 0 amide bonds. The van der Waals surface area contributed by atoms with E-state index in [-0.39, 0.29) is 0 Å². The Bertz CT molecular complexity index is 1090. The summed E-state index contributed by atoms with van der Waals surface area (Å²) in [6.07, 6.45) is 5.80. The van der Waals surface area contributed by atoms with Crippen LogP contribution in [-0.4, -0.2) is 6.26 Å². The molecule has 4 rings (SSSR count). The average Bonchev–Trinajstić information content (AvgIpc) is 2.85. The van der Waals surface area contributed by atoms with Gasteiger partial charge in [0.15, 0.2) is 0 Å². The van der Waals surface area contributed by atoms with Crippen molar-refractivity contribution in [3.05, 3.63) is 132 Å². The predicted molar refractivity (Wildman–Crippen MR) is 127 cm³/mol. The third-order valence-corrected chi connectivity index (χ3v) is 5.49. The monoisotopic (exact) mass is 518 g/mol. The van der Waals surface area contributed by atoms with Crippen LogP contribution in [0.4, 0.5) is 0 Å². The molecule has 0 heterocycles. The predicted octanol–water partition coefficient (Wildman–Crippen LogP) is 8.05. The number of hydrogen-bond acceptors (Lipinski definition) is 1. The van der Waals surface area contributed by atoms with Gasteiger partial charge in [0.25, 0.3) is 0 Å². The number of hydrogen-bond donors (Lipinski definition) is 0. The van der Waals surface area contributed by atoms with Crippen molar-refractivity contribution >= 4 is 26.9 Å². The zero-order valence-corrected chi connectivity index (χ0v) is 19.6. The Morgan fingerprint density at radius 2 is 1.20 bits per heavy atom. The van der Waals surface area contributed by atoms with E-state index >= 15 is 0 Å². The van der Waals surface area contributed by atoms with Crippen molar-refractivity contribution in [2.24, 2.45) is 0 Å². The number of thioether (sulfide) groups is 1. The molecule has 0 N–H and O–H groups in total. The summed E-state index contributed by atoms with van der Waals surface area (Å²) in [4.78, 5) is 1.28. The van der Waals surface area contributed by atoms with Crippen LogP contribution in [0.15, 0.2) is 114 Å². The Balaban J connectivity index is 0.00000124. The van der Waals surface area contributed by atoms with E-state index in [0.717, 1.165) is 11.1 Å². The van der Waals surface area contributed by atoms with Gasteiger partial charge < -0.3 is 0 Å². The average molecular weight is 519 g/mol. The molecule has 4 aromatic rings. The van der Waals surface area contributed by atoms with Gasteiger partial charge in [-0.1, -0.05) is 102 Å². The van der Waals surface area contributed by atoms with Crippen LogP contribution in [0.25, 0.3) is 16.7 Å². The Hall–Kier alpha value is -2.08. The first-order valence-corrected chi connectivity index (χ1v) is 12.7. The van der Waals surface area contributed by atoms with E-state index in [1.54, 1.807) is 11.8 Å². The molecule has 0 unspecified atom stereocenters. The van der Waals surface area contributed by atoms with Gasteiger partial charge in [-0.15, -0.1) is 41.1 Å². The topological polar surface area (TPSA) is 0 Å².